The molecule has 0 saturated carbocycles. The second kappa shape index (κ2) is 6.17. The number of carbonyl (C=O) groups excluding carboxylic acids is 1. The van der Waals surface area contributed by atoms with Gasteiger partial charge in [-0.2, -0.15) is 0 Å². The summed E-state index contributed by atoms with van der Waals surface area (Å²) in [4.78, 5) is 17.5. The molecule has 1 aromatic carbocycles. The van der Waals surface area contributed by atoms with Crippen molar-refractivity contribution in [2.24, 2.45) is 0 Å². The largest absolute Gasteiger partial charge is 0.312 e. The molecular weight excluding hydrogens is 284 g/mol. The fourth-order valence-corrected chi connectivity index (χ4v) is 4.09. The monoisotopic (exact) mass is 308 g/mol. The standard InChI is InChI=1S/C20H24N2O/c1-4-10-16(6-3)20-18-12-8-7-11-17(18)19(23)22(20)15-9-14-21(20)13-5-2/h4,6-8,10-12H,1,3,5,9,13-15H2,2H3/b16-10+. The predicted molar refractivity (Wildman–Crippen MR) is 94.1 cm³/mol. The average molecular weight is 308 g/mol. The molecule has 2 heterocycles. The van der Waals surface area contributed by atoms with Gasteiger partial charge < -0.3 is 4.90 Å². The Kier molecular flexibility index (Phi) is 4.22. The first-order valence-electron chi connectivity index (χ1n) is 8.34. The van der Waals surface area contributed by atoms with Gasteiger partial charge in [-0.15, -0.1) is 0 Å². The number of nitrogens with zero attached hydrogens (tertiary/aromatic N) is 2. The first-order chi connectivity index (χ1) is 11.2. The van der Waals surface area contributed by atoms with Crippen LogP contribution in [-0.2, 0) is 5.66 Å². The van der Waals surface area contributed by atoms with E-state index in [4.69, 9.17) is 0 Å². The summed E-state index contributed by atoms with van der Waals surface area (Å²) in [6.07, 6.45) is 7.69. The highest BCUT2D eigenvalue weighted by atomic mass is 16.2. The Hall–Kier alpha value is -2.13. The molecule has 2 aliphatic heterocycles. The number of rotatable bonds is 5. The van der Waals surface area contributed by atoms with E-state index < -0.39 is 5.66 Å². The Bertz CT molecular complexity index is 674. The molecule has 3 heteroatoms. The van der Waals surface area contributed by atoms with E-state index in [1.807, 2.05) is 35.3 Å². The Labute approximate surface area is 138 Å². The summed E-state index contributed by atoms with van der Waals surface area (Å²) in [5.74, 6) is 0.123. The molecule has 120 valence electrons. The molecule has 1 amide bonds. The lowest BCUT2D eigenvalue weighted by molar-refractivity contribution is -0.0385. The topological polar surface area (TPSA) is 23.6 Å². The van der Waals surface area contributed by atoms with Crippen molar-refractivity contribution in [1.82, 2.24) is 9.80 Å². The molecule has 1 atom stereocenters. The van der Waals surface area contributed by atoms with Gasteiger partial charge in [-0.05, 0) is 24.5 Å². The number of fused-ring (bicyclic) bond motifs is 3. The van der Waals surface area contributed by atoms with Crippen LogP contribution in [0.5, 0.6) is 0 Å². The minimum Gasteiger partial charge on any atom is -0.312 e. The van der Waals surface area contributed by atoms with Crippen molar-refractivity contribution in [1.29, 1.82) is 0 Å². The van der Waals surface area contributed by atoms with Crippen LogP contribution in [0.2, 0.25) is 0 Å². The molecule has 0 aromatic heterocycles. The van der Waals surface area contributed by atoms with Gasteiger partial charge in [0, 0.05) is 30.8 Å². The molecule has 0 aliphatic carbocycles. The smallest absolute Gasteiger partial charge is 0.256 e. The molecule has 0 spiro atoms. The zero-order valence-corrected chi connectivity index (χ0v) is 13.8. The number of amides is 1. The first kappa shape index (κ1) is 15.8. The van der Waals surface area contributed by atoms with Gasteiger partial charge in [-0.3, -0.25) is 9.69 Å². The van der Waals surface area contributed by atoms with Crippen LogP contribution in [0, 0.1) is 0 Å². The van der Waals surface area contributed by atoms with Gasteiger partial charge in [0.25, 0.3) is 5.91 Å². The van der Waals surface area contributed by atoms with Crippen molar-refractivity contribution in [3.8, 4) is 0 Å². The van der Waals surface area contributed by atoms with Gasteiger partial charge in [-0.1, -0.05) is 56.5 Å². The number of allylic oxidation sites excluding steroid dienone is 2. The van der Waals surface area contributed by atoms with Crippen LogP contribution in [0.4, 0.5) is 0 Å². The Morgan fingerprint density at radius 1 is 1.30 bits per heavy atom. The van der Waals surface area contributed by atoms with Crippen LogP contribution in [0.15, 0.2) is 61.2 Å². The third kappa shape index (κ3) is 2.11. The van der Waals surface area contributed by atoms with Gasteiger partial charge in [0.1, 0.15) is 5.66 Å². The molecule has 0 bridgehead atoms. The Balaban J connectivity index is 2.31. The molecule has 23 heavy (non-hydrogen) atoms. The van der Waals surface area contributed by atoms with Crippen LogP contribution in [0.25, 0.3) is 0 Å². The van der Waals surface area contributed by atoms with Crippen molar-refractivity contribution < 1.29 is 4.79 Å². The summed E-state index contributed by atoms with van der Waals surface area (Å²) >= 11 is 0. The van der Waals surface area contributed by atoms with Crippen LogP contribution in [-0.4, -0.2) is 35.3 Å². The maximum absolute atomic E-state index is 13.0. The summed E-state index contributed by atoms with van der Waals surface area (Å²) in [6.45, 7) is 12.8. The van der Waals surface area contributed by atoms with Crippen LogP contribution in [0.1, 0.15) is 35.7 Å². The Morgan fingerprint density at radius 3 is 2.78 bits per heavy atom. The van der Waals surface area contributed by atoms with E-state index in [0.717, 1.165) is 49.2 Å². The first-order valence-corrected chi connectivity index (χ1v) is 8.34. The van der Waals surface area contributed by atoms with Crippen molar-refractivity contribution in [2.75, 3.05) is 19.6 Å². The maximum Gasteiger partial charge on any atom is 0.256 e. The van der Waals surface area contributed by atoms with E-state index in [-0.39, 0.29) is 5.91 Å². The Morgan fingerprint density at radius 2 is 2.09 bits per heavy atom. The fourth-order valence-electron chi connectivity index (χ4n) is 4.09. The van der Waals surface area contributed by atoms with E-state index in [2.05, 4.69) is 31.0 Å². The molecule has 0 radical (unpaired) electrons. The number of benzene rings is 1. The van der Waals surface area contributed by atoms with Crippen LogP contribution < -0.4 is 0 Å². The van der Waals surface area contributed by atoms with Gasteiger partial charge in [0.2, 0.25) is 0 Å². The molecule has 1 unspecified atom stereocenters. The summed E-state index contributed by atoms with van der Waals surface area (Å²) < 4.78 is 0. The lowest BCUT2D eigenvalue weighted by Gasteiger charge is -2.52. The maximum atomic E-state index is 13.0. The zero-order valence-electron chi connectivity index (χ0n) is 13.8. The molecule has 1 aromatic rings. The van der Waals surface area contributed by atoms with Crippen molar-refractivity contribution in [3.05, 3.63) is 72.4 Å². The minimum absolute atomic E-state index is 0.123. The van der Waals surface area contributed by atoms with Crippen LogP contribution >= 0.6 is 0 Å². The molecule has 0 N–H and O–H groups in total. The number of hydrogen-bond acceptors (Lipinski definition) is 2. The third-order valence-corrected chi connectivity index (χ3v) is 4.85. The zero-order chi connectivity index (χ0) is 16.4. The van der Waals surface area contributed by atoms with E-state index in [1.165, 1.54) is 0 Å². The fraction of sp³-hybridized carbons (Fsp3) is 0.350. The normalized spacial score (nSPS) is 24.3. The number of carbonyl (C=O) groups is 1. The van der Waals surface area contributed by atoms with E-state index in [1.54, 1.807) is 6.08 Å². The van der Waals surface area contributed by atoms with Crippen molar-refractivity contribution in [3.63, 3.8) is 0 Å². The highest BCUT2D eigenvalue weighted by Gasteiger charge is 2.55. The lowest BCUT2D eigenvalue weighted by atomic mass is 9.86. The summed E-state index contributed by atoms with van der Waals surface area (Å²) in [7, 11) is 0. The minimum atomic E-state index is -0.530. The summed E-state index contributed by atoms with van der Waals surface area (Å²) in [5.41, 5.74) is 2.38. The van der Waals surface area contributed by atoms with Gasteiger partial charge in [0.15, 0.2) is 0 Å². The second-order valence-electron chi connectivity index (χ2n) is 6.08. The van der Waals surface area contributed by atoms with Gasteiger partial charge >= 0.3 is 0 Å². The van der Waals surface area contributed by atoms with E-state index in [0.29, 0.717) is 0 Å². The third-order valence-electron chi connectivity index (χ3n) is 4.85. The molecule has 1 saturated heterocycles. The molecular formula is C20H24N2O. The lowest BCUT2D eigenvalue weighted by Crippen LogP contribution is -2.61. The highest BCUT2D eigenvalue weighted by molar-refractivity contribution is 6.01. The van der Waals surface area contributed by atoms with E-state index in [9.17, 15) is 4.79 Å². The average Bonchev–Trinajstić information content (AvgIpc) is 2.84. The van der Waals surface area contributed by atoms with Crippen LogP contribution in [0.3, 0.4) is 0 Å². The molecule has 3 rings (SSSR count). The quantitative estimate of drug-likeness (QED) is 0.774. The predicted octanol–water partition coefficient (Wildman–Crippen LogP) is 3.71. The van der Waals surface area contributed by atoms with E-state index >= 15 is 0 Å². The summed E-state index contributed by atoms with van der Waals surface area (Å²) in [6, 6.07) is 7.99. The highest BCUT2D eigenvalue weighted by Crippen LogP contribution is 2.49. The number of hydrogen-bond donors (Lipinski definition) is 0. The SMILES string of the molecule is C=C/C=C(\C=C)C12c3ccccc3C(=O)N1CCCN2CCC. The van der Waals surface area contributed by atoms with Crippen molar-refractivity contribution >= 4 is 5.91 Å². The second-order valence-corrected chi connectivity index (χ2v) is 6.08. The molecule has 1 fully saturated rings. The van der Waals surface area contributed by atoms with Crippen molar-refractivity contribution in [2.45, 2.75) is 25.4 Å². The van der Waals surface area contributed by atoms with Gasteiger partial charge in [0.05, 0.1) is 0 Å². The van der Waals surface area contributed by atoms with Gasteiger partial charge in [-0.25, -0.2) is 0 Å². The molecule has 2 aliphatic rings. The summed E-state index contributed by atoms with van der Waals surface area (Å²) in [5, 5.41) is 0. The molecule has 3 nitrogen and oxygen atoms in total.